The molecule has 1 atom stereocenters. The van der Waals surface area contributed by atoms with E-state index in [1.54, 1.807) is 18.2 Å². The minimum atomic E-state index is -1.44. The van der Waals surface area contributed by atoms with Gasteiger partial charge in [-0.1, -0.05) is 12.1 Å². The number of rotatable bonds is 1. The van der Waals surface area contributed by atoms with Gasteiger partial charge in [-0.25, -0.2) is 0 Å². The largest absolute Gasteiger partial charge is 0.488 e. The fourth-order valence-corrected chi connectivity index (χ4v) is 1.41. The van der Waals surface area contributed by atoms with Crippen molar-refractivity contribution in [2.45, 2.75) is 19.8 Å². The zero-order valence-corrected chi connectivity index (χ0v) is 7.80. The Bertz CT molecular complexity index is 340. The van der Waals surface area contributed by atoms with Crippen LogP contribution >= 0.6 is 0 Å². The molecule has 74 valence electrons. The molecular formula is C9H11BO4. The number of hydrogen-bond acceptors (Lipinski definition) is 4. The van der Waals surface area contributed by atoms with Gasteiger partial charge in [0.2, 0.25) is 0 Å². The van der Waals surface area contributed by atoms with E-state index in [0.717, 1.165) is 11.3 Å². The molecule has 0 spiro atoms. The average molecular weight is 194 g/mol. The molecule has 2 rings (SSSR count). The second kappa shape index (κ2) is 3.61. The summed E-state index contributed by atoms with van der Waals surface area (Å²) in [5.74, 6) is 0.744. The van der Waals surface area contributed by atoms with Crippen LogP contribution in [0.25, 0.3) is 0 Å². The monoisotopic (exact) mass is 194 g/mol. The molecule has 1 aliphatic rings. The van der Waals surface area contributed by atoms with E-state index in [9.17, 15) is 0 Å². The van der Waals surface area contributed by atoms with E-state index >= 15 is 0 Å². The zero-order chi connectivity index (χ0) is 10.1. The summed E-state index contributed by atoms with van der Waals surface area (Å²) in [7, 11) is -1.44. The summed E-state index contributed by atoms with van der Waals surface area (Å²) in [4.78, 5) is 0. The van der Waals surface area contributed by atoms with Crippen LogP contribution in [-0.4, -0.2) is 23.5 Å². The quantitative estimate of drug-likeness (QED) is 0.598. The second-order valence-electron chi connectivity index (χ2n) is 3.24. The van der Waals surface area contributed by atoms with Crippen molar-refractivity contribution in [2.24, 2.45) is 0 Å². The molecule has 0 aliphatic carbocycles. The van der Waals surface area contributed by atoms with Gasteiger partial charge >= 0.3 is 7.12 Å². The lowest BCUT2D eigenvalue weighted by molar-refractivity contribution is -0.0943. The molecule has 0 bridgehead atoms. The molecule has 0 fully saturated rings. The molecule has 4 nitrogen and oxygen atoms in total. The van der Waals surface area contributed by atoms with Crippen LogP contribution in [-0.2, 0) is 11.3 Å². The summed E-state index contributed by atoms with van der Waals surface area (Å²) in [5.41, 5.74) is 1.29. The lowest BCUT2D eigenvalue weighted by Crippen LogP contribution is -2.31. The van der Waals surface area contributed by atoms with Crippen molar-refractivity contribution in [3.63, 3.8) is 0 Å². The predicted molar refractivity (Wildman–Crippen MR) is 51.1 cm³/mol. The first-order valence-electron chi connectivity index (χ1n) is 4.44. The van der Waals surface area contributed by atoms with Gasteiger partial charge in [-0.15, -0.1) is 0 Å². The topological polar surface area (TPSA) is 58.9 Å². The smallest absolute Gasteiger partial charge is 0.465 e. The molecular weight excluding hydrogens is 183 g/mol. The highest BCUT2D eigenvalue weighted by molar-refractivity contribution is 6.58. The molecule has 1 aromatic rings. The van der Waals surface area contributed by atoms with Gasteiger partial charge in [-0.2, -0.15) is 0 Å². The summed E-state index contributed by atoms with van der Waals surface area (Å²) < 4.78 is 10.6. The lowest BCUT2D eigenvalue weighted by Gasteiger charge is -2.23. The lowest BCUT2D eigenvalue weighted by atomic mass is 9.79. The van der Waals surface area contributed by atoms with E-state index in [0.29, 0.717) is 12.1 Å². The molecule has 1 heterocycles. The molecule has 5 heteroatoms. The van der Waals surface area contributed by atoms with E-state index in [1.165, 1.54) is 0 Å². The Morgan fingerprint density at radius 3 is 2.93 bits per heavy atom. The Labute approximate surface area is 82.2 Å². The highest BCUT2D eigenvalue weighted by Gasteiger charge is 2.19. The van der Waals surface area contributed by atoms with E-state index < -0.39 is 7.12 Å². The van der Waals surface area contributed by atoms with Crippen molar-refractivity contribution in [1.82, 2.24) is 0 Å². The predicted octanol–water partition coefficient (Wildman–Crippen LogP) is -0.379. The molecule has 1 aliphatic heterocycles. The number of benzene rings is 1. The van der Waals surface area contributed by atoms with Crippen molar-refractivity contribution >= 4 is 12.6 Å². The number of fused-ring (bicyclic) bond motifs is 1. The summed E-state index contributed by atoms with van der Waals surface area (Å²) in [6.07, 6.45) is -0.243. The highest BCUT2D eigenvalue weighted by atomic mass is 16.7. The van der Waals surface area contributed by atoms with Crippen LogP contribution in [0.2, 0.25) is 0 Å². The van der Waals surface area contributed by atoms with Crippen molar-refractivity contribution in [3.8, 4) is 5.75 Å². The maximum absolute atomic E-state index is 8.95. The van der Waals surface area contributed by atoms with Gasteiger partial charge in [0.05, 0.1) is 6.61 Å². The summed E-state index contributed by atoms with van der Waals surface area (Å²) in [5, 5.41) is 17.9. The Kier molecular flexibility index (Phi) is 2.45. The van der Waals surface area contributed by atoms with Gasteiger partial charge in [0, 0.05) is 5.56 Å². The third kappa shape index (κ3) is 1.75. The SMILES string of the molecule is CC1OCc2cc(B(O)O)ccc2O1. The third-order valence-corrected chi connectivity index (χ3v) is 2.15. The Hall–Kier alpha value is -1.04. The van der Waals surface area contributed by atoms with Crippen LogP contribution in [0.15, 0.2) is 18.2 Å². The summed E-state index contributed by atoms with van der Waals surface area (Å²) in [6.45, 7) is 2.26. The molecule has 0 saturated heterocycles. The zero-order valence-electron chi connectivity index (χ0n) is 7.80. The molecule has 0 aromatic heterocycles. The van der Waals surface area contributed by atoms with Gasteiger partial charge in [-0.3, -0.25) is 0 Å². The average Bonchev–Trinajstić information content (AvgIpc) is 2.16. The van der Waals surface area contributed by atoms with Crippen LogP contribution in [0.1, 0.15) is 12.5 Å². The molecule has 2 N–H and O–H groups in total. The summed E-state index contributed by atoms with van der Waals surface area (Å²) in [6, 6.07) is 5.02. The molecule has 1 unspecified atom stereocenters. The van der Waals surface area contributed by atoms with Crippen LogP contribution < -0.4 is 10.2 Å². The number of ether oxygens (including phenoxy) is 2. The fraction of sp³-hybridized carbons (Fsp3) is 0.333. The summed E-state index contributed by atoms with van der Waals surface area (Å²) >= 11 is 0. The minimum Gasteiger partial charge on any atom is -0.465 e. The standard InChI is InChI=1S/C9H11BO4/c1-6-13-5-7-4-8(10(11)12)2-3-9(7)14-6/h2-4,6,11-12H,5H2,1H3. The van der Waals surface area contributed by atoms with Crippen LogP contribution in [0.5, 0.6) is 5.75 Å². The first-order chi connectivity index (χ1) is 6.66. The van der Waals surface area contributed by atoms with Crippen molar-refractivity contribution in [3.05, 3.63) is 23.8 Å². The Morgan fingerprint density at radius 1 is 1.43 bits per heavy atom. The van der Waals surface area contributed by atoms with E-state index in [4.69, 9.17) is 19.5 Å². The maximum atomic E-state index is 8.95. The molecule has 14 heavy (non-hydrogen) atoms. The van der Waals surface area contributed by atoms with Crippen LogP contribution in [0, 0.1) is 0 Å². The molecule has 0 saturated carbocycles. The van der Waals surface area contributed by atoms with E-state index in [2.05, 4.69) is 0 Å². The minimum absolute atomic E-state index is 0.243. The van der Waals surface area contributed by atoms with Gasteiger partial charge in [0.1, 0.15) is 5.75 Å². The van der Waals surface area contributed by atoms with Gasteiger partial charge in [-0.05, 0) is 18.5 Å². The first-order valence-corrected chi connectivity index (χ1v) is 4.44. The van der Waals surface area contributed by atoms with E-state index in [1.807, 2.05) is 6.92 Å². The van der Waals surface area contributed by atoms with Crippen molar-refractivity contribution < 1.29 is 19.5 Å². The second-order valence-corrected chi connectivity index (χ2v) is 3.24. The fourth-order valence-electron chi connectivity index (χ4n) is 1.41. The molecule has 0 radical (unpaired) electrons. The van der Waals surface area contributed by atoms with E-state index in [-0.39, 0.29) is 6.29 Å². The van der Waals surface area contributed by atoms with Crippen LogP contribution in [0.3, 0.4) is 0 Å². The van der Waals surface area contributed by atoms with Crippen LogP contribution in [0.4, 0.5) is 0 Å². The van der Waals surface area contributed by atoms with Crippen molar-refractivity contribution in [1.29, 1.82) is 0 Å². The van der Waals surface area contributed by atoms with Gasteiger partial charge in [0.25, 0.3) is 0 Å². The normalized spacial score (nSPS) is 19.8. The first kappa shape index (κ1) is 9.52. The van der Waals surface area contributed by atoms with Gasteiger partial charge < -0.3 is 19.5 Å². The highest BCUT2D eigenvalue weighted by Crippen LogP contribution is 2.24. The Balaban J connectivity index is 2.31. The maximum Gasteiger partial charge on any atom is 0.488 e. The Morgan fingerprint density at radius 2 is 2.21 bits per heavy atom. The number of hydrogen-bond donors (Lipinski definition) is 2. The molecule has 1 aromatic carbocycles. The van der Waals surface area contributed by atoms with Gasteiger partial charge in [0.15, 0.2) is 6.29 Å². The molecule has 0 amide bonds. The van der Waals surface area contributed by atoms with Crippen molar-refractivity contribution in [2.75, 3.05) is 0 Å². The third-order valence-electron chi connectivity index (χ3n) is 2.15.